The Morgan fingerprint density at radius 3 is 2.32 bits per heavy atom. The van der Waals surface area contributed by atoms with Crippen molar-refractivity contribution in [2.45, 2.75) is 13.5 Å². The van der Waals surface area contributed by atoms with Crippen molar-refractivity contribution in [3.05, 3.63) is 81.8 Å². The van der Waals surface area contributed by atoms with Crippen LogP contribution in [0.2, 0.25) is 10.0 Å². The summed E-state index contributed by atoms with van der Waals surface area (Å²) in [5, 5.41) is 38.4. The predicted molar refractivity (Wildman–Crippen MR) is 165 cm³/mol. The number of rotatable bonds is 15. The fraction of sp³-hybridized carbons (Fsp3) is 0.207. The van der Waals surface area contributed by atoms with E-state index in [4.69, 9.17) is 37.8 Å². The summed E-state index contributed by atoms with van der Waals surface area (Å²) < 4.78 is 6.00. The number of nitrogens with zero attached hydrogens (tertiary/aromatic N) is 3. The Balaban J connectivity index is 1.63. The summed E-state index contributed by atoms with van der Waals surface area (Å²) in [4.78, 5) is 44.5. The lowest BCUT2D eigenvalue weighted by Crippen LogP contribution is -2.37. The van der Waals surface area contributed by atoms with Crippen LogP contribution in [0, 0.1) is 6.92 Å². The van der Waals surface area contributed by atoms with Gasteiger partial charge in [0.15, 0.2) is 11.6 Å². The van der Waals surface area contributed by atoms with Gasteiger partial charge < -0.3 is 35.7 Å². The van der Waals surface area contributed by atoms with E-state index in [1.54, 1.807) is 55.5 Å². The highest BCUT2D eigenvalue weighted by Gasteiger charge is 2.19. The van der Waals surface area contributed by atoms with E-state index in [1.807, 2.05) is 0 Å². The van der Waals surface area contributed by atoms with Gasteiger partial charge in [0.25, 0.3) is 0 Å². The molecule has 0 saturated carbocycles. The van der Waals surface area contributed by atoms with E-state index in [0.717, 1.165) is 0 Å². The van der Waals surface area contributed by atoms with Gasteiger partial charge in [-0.15, -0.1) is 0 Å². The summed E-state index contributed by atoms with van der Waals surface area (Å²) in [6.45, 7) is 1.09. The van der Waals surface area contributed by atoms with Gasteiger partial charge in [-0.25, -0.2) is 14.8 Å². The van der Waals surface area contributed by atoms with E-state index in [2.05, 4.69) is 25.9 Å². The Morgan fingerprint density at radius 2 is 1.61 bits per heavy atom. The number of hydrogen-bond donors (Lipinski definition) is 6. The molecule has 0 unspecified atom stereocenters. The molecule has 0 saturated heterocycles. The second-order valence-electron chi connectivity index (χ2n) is 9.49. The number of para-hydroxylation sites is 1. The molecule has 15 heteroatoms. The first-order valence-electron chi connectivity index (χ1n) is 13.2. The van der Waals surface area contributed by atoms with Crippen LogP contribution < -0.4 is 16.0 Å². The molecule has 2 heterocycles. The van der Waals surface area contributed by atoms with Crippen LogP contribution in [-0.2, 0) is 16.1 Å². The van der Waals surface area contributed by atoms with Crippen molar-refractivity contribution in [3.8, 4) is 11.3 Å². The van der Waals surface area contributed by atoms with E-state index in [1.165, 1.54) is 11.0 Å². The third kappa shape index (κ3) is 8.60. The van der Waals surface area contributed by atoms with Crippen LogP contribution in [0.15, 0.2) is 59.0 Å². The van der Waals surface area contributed by atoms with Gasteiger partial charge in [-0.05, 0) is 49.4 Å². The Kier molecular flexibility index (Phi) is 10.6. The van der Waals surface area contributed by atoms with Crippen molar-refractivity contribution < 1.29 is 34.1 Å². The van der Waals surface area contributed by atoms with Crippen LogP contribution in [0.5, 0.6) is 0 Å². The van der Waals surface area contributed by atoms with E-state index < -0.39 is 31.0 Å². The molecular formula is C29H28Cl2N6O7. The quantitative estimate of drug-likeness (QED) is 0.0981. The summed E-state index contributed by atoms with van der Waals surface area (Å²) in [5.41, 5.74) is 1.29. The van der Waals surface area contributed by atoms with Gasteiger partial charge in [0, 0.05) is 23.7 Å². The number of aromatic nitrogens is 2. The SMILES string of the molecule is Cc1nc(NCCN(CC(=O)O)CC(=O)O)c(NCc2ccc(-c3cc(Cl)ccc3Cl)o2)c(Nc2ccccc2C(=O)O)n1. The van der Waals surface area contributed by atoms with Gasteiger partial charge in [-0.3, -0.25) is 14.5 Å². The molecule has 0 amide bonds. The number of carboxylic acids is 3. The Labute approximate surface area is 261 Å². The standard InChI is InChI=1S/C29H28Cl2N6O7/c1-16-34-27(32-10-11-37(14-24(38)39)15-25(40)41)26(28(35-16)36-22-5-3-2-4-19(22)29(42)43)33-13-18-7-9-23(44-18)20-12-17(30)6-8-21(20)31/h2-9,12,33H,10-11,13-15H2,1H3,(H,38,39)(H,40,41)(H,42,43)(H2,32,34,35,36). The first kappa shape index (κ1) is 32.1. The second kappa shape index (κ2) is 14.6. The average molecular weight is 643 g/mol. The van der Waals surface area contributed by atoms with E-state index in [-0.39, 0.29) is 36.7 Å². The van der Waals surface area contributed by atoms with Crippen molar-refractivity contribution in [3.63, 3.8) is 0 Å². The number of carboxylic acid groups (broad SMARTS) is 3. The topological polar surface area (TPSA) is 190 Å². The number of nitrogens with one attached hydrogen (secondary N) is 3. The molecule has 0 aliphatic rings. The van der Waals surface area contributed by atoms with Crippen LogP contribution in [0.25, 0.3) is 11.3 Å². The highest BCUT2D eigenvalue weighted by atomic mass is 35.5. The third-order valence-corrected chi connectivity index (χ3v) is 6.73. The molecule has 230 valence electrons. The molecule has 2 aromatic heterocycles. The van der Waals surface area contributed by atoms with Gasteiger partial charge in [0.05, 0.1) is 35.9 Å². The molecule has 0 fully saturated rings. The van der Waals surface area contributed by atoms with E-state index in [0.29, 0.717) is 44.5 Å². The molecule has 0 bridgehead atoms. The minimum Gasteiger partial charge on any atom is -0.480 e. The number of aromatic carboxylic acids is 1. The zero-order valence-corrected chi connectivity index (χ0v) is 24.8. The smallest absolute Gasteiger partial charge is 0.337 e. The molecule has 13 nitrogen and oxygen atoms in total. The molecule has 4 rings (SSSR count). The lowest BCUT2D eigenvalue weighted by Gasteiger charge is -2.21. The Morgan fingerprint density at radius 1 is 0.909 bits per heavy atom. The average Bonchev–Trinajstić information content (AvgIpc) is 3.42. The predicted octanol–water partition coefficient (Wildman–Crippen LogP) is 5.29. The number of aryl methyl sites for hydroxylation is 1. The van der Waals surface area contributed by atoms with Gasteiger partial charge in [-0.1, -0.05) is 35.3 Å². The summed E-state index contributed by atoms with van der Waals surface area (Å²) in [7, 11) is 0. The minimum absolute atomic E-state index is 0.0243. The number of benzene rings is 2. The Bertz CT molecular complexity index is 1660. The maximum absolute atomic E-state index is 11.8. The number of halogens is 2. The summed E-state index contributed by atoms with van der Waals surface area (Å²) in [6.07, 6.45) is 0. The van der Waals surface area contributed by atoms with Crippen LogP contribution in [0.1, 0.15) is 21.9 Å². The summed E-state index contributed by atoms with van der Waals surface area (Å²) in [5.74, 6) is -1.52. The van der Waals surface area contributed by atoms with Gasteiger partial charge >= 0.3 is 17.9 Å². The fourth-order valence-electron chi connectivity index (χ4n) is 4.27. The zero-order valence-electron chi connectivity index (χ0n) is 23.3. The van der Waals surface area contributed by atoms with Crippen molar-refractivity contribution in [2.24, 2.45) is 0 Å². The lowest BCUT2D eigenvalue weighted by molar-refractivity contribution is -0.141. The van der Waals surface area contributed by atoms with Crippen molar-refractivity contribution in [1.29, 1.82) is 0 Å². The number of hydrogen-bond acceptors (Lipinski definition) is 10. The molecule has 0 spiro atoms. The first-order chi connectivity index (χ1) is 21.0. The van der Waals surface area contributed by atoms with Crippen LogP contribution in [-0.4, -0.2) is 74.3 Å². The second-order valence-corrected chi connectivity index (χ2v) is 10.3. The summed E-state index contributed by atoms with van der Waals surface area (Å²) in [6, 6.07) is 14.9. The number of furan rings is 1. The molecule has 0 atom stereocenters. The van der Waals surface area contributed by atoms with Crippen molar-refractivity contribution >= 4 is 64.1 Å². The molecular weight excluding hydrogens is 615 g/mol. The van der Waals surface area contributed by atoms with Crippen molar-refractivity contribution in [2.75, 3.05) is 42.1 Å². The Hall–Kier alpha value is -4.85. The number of anilines is 4. The molecule has 2 aromatic carbocycles. The first-order valence-corrected chi connectivity index (χ1v) is 13.9. The van der Waals surface area contributed by atoms with Gasteiger partial charge in [0.2, 0.25) is 0 Å². The third-order valence-electron chi connectivity index (χ3n) is 6.16. The highest BCUT2D eigenvalue weighted by Crippen LogP contribution is 2.34. The number of aliphatic carboxylic acids is 2. The zero-order chi connectivity index (χ0) is 31.8. The molecule has 44 heavy (non-hydrogen) atoms. The monoisotopic (exact) mass is 642 g/mol. The number of carbonyl (C=O) groups is 3. The maximum atomic E-state index is 11.8. The molecule has 0 aliphatic heterocycles. The lowest BCUT2D eigenvalue weighted by atomic mass is 10.2. The van der Waals surface area contributed by atoms with Crippen LogP contribution in [0.4, 0.5) is 23.0 Å². The maximum Gasteiger partial charge on any atom is 0.337 e. The molecule has 0 radical (unpaired) electrons. The van der Waals surface area contributed by atoms with Crippen LogP contribution >= 0.6 is 23.2 Å². The normalized spacial score (nSPS) is 10.9. The van der Waals surface area contributed by atoms with E-state index in [9.17, 15) is 19.5 Å². The molecule has 4 aromatic rings. The highest BCUT2D eigenvalue weighted by molar-refractivity contribution is 6.35. The van der Waals surface area contributed by atoms with Gasteiger partial charge in [-0.2, -0.15) is 0 Å². The largest absolute Gasteiger partial charge is 0.480 e. The van der Waals surface area contributed by atoms with Gasteiger partial charge in [0.1, 0.15) is 23.0 Å². The molecule has 6 N–H and O–H groups in total. The van der Waals surface area contributed by atoms with Crippen LogP contribution in [0.3, 0.4) is 0 Å². The minimum atomic E-state index is -1.16. The van der Waals surface area contributed by atoms with Crippen molar-refractivity contribution in [1.82, 2.24) is 14.9 Å². The fourth-order valence-corrected chi connectivity index (χ4v) is 4.66. The molecule has 0 aliphatic carbocycles. The van der Waals surface area contributed by atoms with E-state index >= 15 is 0 Å². The summed E-state index contributed by atoms with van der Waals surface area (Å²) >= 11 is 12.5.